The monoisotopic (exact) mass is 398 g/mol. The Labute approximate surface area is 177 Å². The van der Waals surface area contributed by atoms with Crippen LogP contribution in [-0.2, 0) is 13.1 Å². The van der Waals surface area contributed by atoms with E-state index in [1.54, 1.807) is 0 Å². The highest BCUT2D eigenvalue weighted by molar-refractivity contribution is 6.01. The molecule has 152 valence electrons. The minimum Gasteiger partial charge on any atom is -0.490 e. The zero-order valence-corrected chi connectivity index (χ0v) is 17.3. The predicted octanol–water partition coefficient (Wildman–Crippen LogP) is 5.53. The maximum atomic E-state index is 13.2. The fourth-order valence-corrected chi connectivity index (χ4v) is 4.55. The van der Waals surface area contributed by atoms with Gasteiger partial charge in [-0.05, 0) is 73.1 Å². The van der Waals surface area contributed by atoms with Crippen molar-refractivity contribution < 1.29 is 9.53 Å². The van der Waals surface area contributed by atoms with Crippen molar-refractivity contribution in [2.75, 3.05) is 0 Å². The molecule has 4 nitrogen and oxygen atoms in total. The van der Waals surface area contributed by atoms with E-state index in [9.17, 15) is 4.79 Å². The van der Waals surface area contributed by atoms with Crippen LogP contribution >= 0.6 is 0 Å². The summed E-state index contributed by atoms with van der Waals surface area (Å²) in [5, 5.41) is 0. The van der Waals surface area contributed by atoms with Crippen LogP contribution in [-0.4, -0.2) is 21.9 Å². The number of hydrogen-bond donors (Lipinski definition) is 0. The van der Waals surface area contributed by atoms with Crippen LogP contribution in [0.5, 0.6) is 5.75 Å². The Hall–Kier alpha value is -3.14. The van der Waals surface area contributed by atoms with Gasteiger partial charge in [-0.15, -0.1) is 0 Å². The first-order valence-corrected chi connectivity index (χ1v) is 10.8. The van der Waals surface area contributed by atoms with Crippen LogP contribution in [0.15, 0.2) is 60.8 Å². The van der Waals surface area contributed by atoms with Gasteiger partial charge in [0.05, 0.1) is 11.7 Å². The maximum Gasteiger partial charge on any atom is 0.258 e. The highest BCUT2D eigenvalue weighted by Gasteiger charge is 2.31. The third-order valence-corrected chi connectivity index (χ3v) is 6.13. The van der Waals surface area contributed by atoms with E-state index in [-0.39, 0.29) is 12.0 Å². The number of ether oxygens (including phenoxy) is 1. The summed E-state index contributed by atoms with van der Waals surface area (Å²) in [4.78, 5) is 19.3. The van der Waals surface area contributed by atoms with Crippen molar-refractivity contribution in [1.82, 2.24) is 9.88 Å². The van der Waals surface area contributed by atoms with Crippen molar-refractivity contribution in [2.24, 2.45) is 0 Å². The second-order valence-corrected chi connectivity index (χ2v) is 8.36. The third kappa shape index (κ3) is 3.70. The number of aromatic nitrogens is 1. The lowest BCUT2D eigenvalue weighted by atomic mass is 10.0. The minimum atomic E-state index is 0.0763. The molecule has 0 atom stereocenters. The summed E-state index contributed by atoms with van der Waals surface area (Å²) in [6.45, 7) is 3.24. The van der Waals surface area contributed by atoms with Gasteiger partial charge in [0.2, 0.25) is 0 Å². The molecule has 0 bridgehead atoms. The lowest BCUT2D eigenvalue weighted by molar-refractivity contribution is 0.0761. The molecule has 0 spiro atoms. The molecular weight excluding hydrogens is 372 g/mol. The SMILES string of the molecule is Cc1cc(-c2ccc(CN3Cc4cccc(OC5CCCC5)c4C3=O)cc2)ccn1. The van der Waals surface area contributed by atoms with Crippen molar-refractivity contribution in [2.45, 2.75) is 51.8 Å². The Balaban J connectivity index is 1.31. The van der Waals surface area contributed by atoms with Gasteiger partial charge in [0.25, 0.3) is 5.91 Å². The normalized spacial score (nSPS) is 16.2. The van der Waals surface area contributed by atoms with E-state index in [0.29, 0.717) is 13.1 Å². The van der Waals surface area contributed by atoms with Crippen LogP contribution in [0.1, 0.15) is 52.9 Å². The molecule has 1 fully saturated rings. The van der Waals surface area contributed by atoms with E-state index in [1.165, 1.54) is 12.8 Å². The quantitative estimate of drug-likeness (QED) is 0.567. The zero-order chi connectivity index (χ0) is 20.5. The molecule has 1 aliphatic carbocycles. The number of fused-ring (bicyclic) bond motifs is 1. The topological polar surface area (TPSA) is 42.4 Å². The molecule has 2 aliphatic rings. The summed E-state index contributed by atoms with van der Waals surface area (Å²) in [6.07, 6.45) is 6.70. The Morgan fingerprint density at radius 3 is 2.60 bits per heavy atom. The fraction of sp³-hybridized carbons (Fsp3) is 0.308. The Morgan fingerprint density at radius 1 is 1.03 bits per heavy atom. The van der Waals surface area contributed by atoms with Crippen molar-refractivity contribution in [1.29, 1.82) is 0 Å². The van der Waals surface area contributed by atoms with Crippen LogP contribution in [0.25, 0.3) is 11.1 Å². The molecule has 1 aliphatic heterocycles. The van der Waals surface area contributed by atoms with Gasteiger partial charge < -0.3 is 9.64 Å². The van der Waals surface area contributed by atoms with Crippen molar-refractivity contribution in [3.63, 3.8) is 0 Å². The number of aryl methyl sites for hydroxylation is 1. The van der Waals surface area contributed by atoms with Gasteiger partial charge in [0.1, 0.15) is 5.75 Å². The number of rotatable bonds is 5. The van der Waals surface area contributed by atoms with Crippen LogP contribution in [0.2, 0.25) is 0 Å². The Kier molecular flexibility index (Phi) is 4.99. The Morgan fingerprint density at radius 2 is 1.83 bits per heavy atom. The Bertz CT molecular complexity index is 1070. The van der Waals surface area contributed by atoms with Gasteiger partial charge in [-0.25, -0.2) is 0 Å². The van der Waals surface area contributed by atoms with E-state index in [2.05, 4.69) is 35.3 Å². The molecule has 5 rings (SSSR count). The van der Waals surface area contributed by atoms with Gasteiger partial charge in [-0.1, -0.05) is 36.4 Å². The van der Waals surface area contributed by atoms with E-state index < -0.39 is 0 Å². The van der Waals surface area contributed by atoms with Gasteiger partial charge in [-0.2, -0.15) is 0 Å². The highest BCUT2D eigenvalue weighted by Crippen LogP contribution is 2.34. The molecular formula is C26H26N2O2. The molecule has 4 heteroatoms. The number of pyridine rings is 1. The second-order valence-electron chi connectivity index (χ2n) is 8.36. The predicted molar refractivity (Wildman–Crippen MR) is 117 cm³/mol. The minimum absolute atomic E-state index is 0.0763. The number of benzene rings is 2. The molecule has 0 radical (unpaired) electrons. The van der Waals surface area contributed by atoms with Crippen molar-refractivity contribution >= 4 is 5.91 Å². The number of carbonyl (C=O) groups excluding carboxylic acids is 1. The second kappa shape index (κ2) is 7.94. The maximum absolute atomic E-state index is 13.2. The van der Waals surface area contributed by atoms with E-state index in [0.717, 1.165) is 52.1 Å². The first-order valence-electron chi connectivity index (χ1n) is 10.8. The largest absolute Gasteiger partial charge is 0.490 e. The van der Waals surface area contributed by atoms with Gasteiger partial charge in [0.15, 0.2) is 0 Å². The smallest absolute Gasteiger partial charge is 0.258 e. The fourth-order valence-electron chi connectivity index (χ4n) is 4.55. The van der Waals surface area contributed by atoms with Gasteiger partial charge >= 0.3 is 0 Å². The zero-order valence-electron chi connectivity index (χ0n) is 17.3. The van der Waals surface area contributed by atoms with E-state index in [4.69, 9.17) is 4.74 Å². The standard InChI is InChI=1S/C26H26N2O2/c1-18-15-21(13-14-27-18)20-11-9-19(10-12-20)16-28-17-22-5-4-8-24(25(22)26(28)29)30-23-6-2-3-7-23/h4-5,8-15,23H,2-3,6-7,16-17H2,1H3. The van der Waals surface area contributed by atoms with Crippen LogP contribution in [0.4, 0.5) is 0 Å². The summed E-state index contributed by atoms with van der Waals surface area (Å²) >= 11 is 0. The first kappa shape index (κ1) is 18.9. The van der Waals surface area contributed by atoms with E-state index >= 15 is 0 Å². The lowest BCUT2D eigenvalue weighted by Crippen LogP contribution is -2.23. The molecule has 1 amide bonds. The number of amides is 1. The average molecular weight is 399 g/mol. The molecule has 0 saturated heterocycles. The van der Waals surface area contributed by atoms with Crippen LogP contribution in [0, 0.1) is 6.92 Å². The molecule has 30 heavy (non-hydrogen) atoms. The van der Waals surface area contributed by atoms with Crippen LogP contribution in [0.3, 0.4) is 0 Å². The van der Waals surface area contributed by atoms with Crippen LogP contribution < -0.4 is 4.74 Å². The molecule has 1 aromatic heterocycles. The summed E-state index contributed by atoms with van der Waals surface area (Å²) in [5.41, 5.74) is 6.28. The summed E-state index contributed by atoms with van der Waals surface area (Å²) < 4.78 is 6.21. The first-order chi connectivity index (χ1) is 14.7. The third-order valence-electron chi connectivity index (χ3n) is 6.13. The number of carbonyl (C=O) groups is 1. The number of nitrogens with zero attached hydrogens (tertiary/aromatic N) is 2. The molecule has 0 unspecified atom stereocenters. The summed E-state index contributed by atoms with van der Waals surface area (Å²) in [7, 11) is 0. The van der Waals surface area contributed by atoms with Crippen molar-refractivity contribution in [3.8, 4) is 16.9 Å². The average Bonchev–Trinajstić information content (AvgIpc) is 3.37. The van der Waals surface area contributed by atoms with Crippen molar-refractivity contribution in [3.05, 3.63) is 83.2 Å². The molecule has 2 aromatic carbocycles. The number of hydrogen-bond acceptors (Lipinski definition) is 3. The lowest BCUT2D eigenvalue weighted by Gasteiger charge is -2.17. The molecule has 3 aromatic rings. The van der Waals surface area contributed by atoms with Gasteiger partial charge in [-0.3, -0.25) is 9.78 Å². The molecule has 1 saturated carbocycles. The van der Waals surface area contributed by atoms with E-state index in [1.807, 2.05) is 42.3 Å². The molecule has 0 N–H and O–H groups in total. The highest BCUT2D eigenvalue weighted by atomic mass is 16.5. The summed E-state index contributed by atoms with van der Waals surface area (Å²) in [5.74, 6) is 0.836. The molecule has 2 heterocycles. The van der Waals surface area contributed by atoms with Gasteiger partial charge in [0, 0.05) is 25.0 Å². The summed E-state index contributed by atoms with van der Waals surface area (Å²) in [6, 6.07) is 18.6.